The third-order valence-electron chi connectivity index (χ3n) is 1.33. The molecule has 0 unspecified atom stereocenters. The maximum absolute atomic E-state index is 9.93. The summed E-state index contributed by atoms with van der Waals surface area (Å²) < 4.78 is 0. The van der Waals surface area contributed by atoms with Crippen molar-refractivity contribution in [1.82, 2.24) is 0 Å². The predicted molar refractivity (Wildman–Crippen MR) is 48.3 cm³/mol. The second-order valence-corrected chi connectivity index (χ2v) is 3.16. The van der Waals surface area contributed by atoms with Crippen molar-refractivity contribution in [3.63, 3.8) is 0 Å². The largest absolute Gasteiger partial charge is 0.389 e. The van der Waals surface area contributed by atoms with Crippen LogP contribution in [-0.4, -0.2) is 72.5 Å². The molecule has 0 saturated heterocycles. The van der Waals surface area contributed by atoms with E-state index in [1.807, 2.05) is 0 Å². The van der Waals surface area contributed by atoms with Crippen LogP contribution in [0.25, 0.3) is 0 Å². The molecule has 0 rings (SSSR count). The van der Waals surface area contributed by atoms with Gasteiger partial charge in [0.05, 0.1) is 6.10 Å². The smallest absolute Gasteiger partial charge is 0.151 e. The van der Waals surface area contributed by atoms with Crippen molar-refractivity contribution in [3.8, 4) is 0 Å². The number of carbonyl (C=O) groups excluding carboxylic acids is 1. The summed E-state index contributed by atoms with van der Waals surface area (Å²) in [5.74, 6) is 0. The average molecular weight is 387 g/mol. The summed E-state index contributed by atoms with van der Waals surface area (Å²) in [6.07, 6.45) is -4.03. The molecule has 0 aromatic heterocycles. The Balaban J connectivity index is 0. The van der Waals surface area contributed by atoms with Crippen LogP contribution in [0.1, 0.15) is 6.92 Å². The van der Waals surface area contributed by atoms with E-state index in [1.54, 1.807) is 6.92 Å². The standard InChI is InChI=1S/C6H12O4S.Pb/c1-3(11)5(9)6(10)4(8)2-7;/h2-6,8-11H,1H3;/t3-,4+,5+,6-;/m0./s1. The van der Waals surface area contributed by atoms with Crippen molar-refractivity contribution in [2.45, 2.75) is 30.5 Å². The van der Waals surface area contributed by atoms with Gasteiger partial charge in [0.2, 0.25) is 0 Å². The molecule has 0 aliphatic carbocycles. The van der Waals surface area contributed by atoms with Gasteiger partial charge in [0, 0.05) is 32.5 Å². The first-order chi connectivity index (χ1) is 5.00. The summed E-state index contributed by atoms with van der Waals surface area (Å²) in [6.45, 7) is 1.55. The molecular formula is C6H12O4PbS. The summed E-state index contributed by atoms with van der Waals surface area (Å²) >= 11 is 3.83. The third-order valence-corrected chi connectivity index (χ3v) is 1.64. The Bertz CT molecular complexity index is 133. The quantitative estimate of drug-likeness (QED) is 0.261. The zero-order chi connectivity index (χ0) is 9.02. The Hall–Kier alpha value is 0.822. The van der Waals surface area contributed by atoms with Gasteiger partial charge in [0.15, 0.2) is 6.29 Å². The monoisotopic (exact) mass is 388 g/mol. The molecule has 3 N–H and O–H groups in total. The third kappa shape index (κ3) is 4.75. The zero-order valence-corrected chi connectivity index (χ0v) is 11.4. The van der Waals surface area contributed by atoms with Crippen molar-refractivity contribution in [2.24, 2.45) is 0 Å². The molecule has 0 spiro atoms. The molecule has 4 nitrogen and oxygen atoms in total. The topological polar surface area (TPSA) is 77.8 Å². The minimum atomic E-state index is -1.54. The van der Waals surface area contributed by atoms with Gasteiger partial charge in [-0.25, -0.2) is 0 Å². The predicted octanol–water partition coefficient (Wildman–Crippen LogP) is -1.79. The first-order valence-electron chi connectivity index (χ1n) is 3.18. The molecule has 0 fully saturated rings. The van der Waals surface area contributed by atoms with E-state index in [4.69, 9.17) is 15.3 Å². The van der Waals surface area contributed by atoms with Crippen LogP contribution in [0.2, 0.25) is 0 Å². The first-order valence-corrected chi connectivity index (χ1v) is 3.70. The Morgan fingerprint density at radius 1 is 1.25 bits per heavy atom. The second kappa shape index (κ2) is 7.25. The minimum absolute atomic E-state index is 0. The van der Waals surface area contributed by atoms with E-state index in [-0.39, 0.29) is 33.6 Å². The van der Waals surface area contributed by atoms with E-state index in [1.165, 1.54) is 0 Å². The van der Waals surface area contributed by atoms with Gasteiger partial charge in [-0.05, 0) is 0 Å². The van der Waals surface area contributed by atoms with E-state index < -0.39 is 23.6 Å². The Labute approximate surface area is 96.5 Å². The van der Waals surface area contributed by atoms with Crippen molar-refractivity contribution in [3.05, 3.63) is 0 Å². The molecule has 0 heterocycles. The van der Waals surface area contributed by atoms with Crippen LogP contribution in [0.4, 0.5) is 0 Å². The number of aliphatic hydroxyl groups excluding tert-OH is 3. The van der Waals surface area contributed by atoms with Gasteiger partial charge in [0.1, 0.15) is 12.2 Å². The fourth-order valence-corrected chi connectivity index (χ4v) is 0.744. The molecule has 4 radical (unpaired) electrons. The fourth-order valence-electron chi connectivity index (χ4n) is 0.568. The zero-order valence-electron chi connectivity index (χ0n) is 6.58. The van der Waals surface area contributed by atoms with Crippen LogP contribution in [0.15, 0.2) is 0 Å². The molecule has 4 atom stereocenters. The summed E-state index contributed by atoms with van der Waals surface area (Å²) in [7, 11) is 0. The number of hydrogen-bond donors (Lipinski definition) is 4. The molecule has 0 aromatic rings. The minimum Gasteiger partial charge on any atom is -0.389 e. The number of aldehydes is 1. The summed E-state index contributed by atoms with van der Waals surface area (Å²) in [5.41, 5.74) is 0. The van der Waals surface area contributed by atoms with Crippen molar-refractivity contribution < 1.29 is 20.1 Å². The van der Waals surface area contributed by atoms with Crippen LogP contribution in [0.5, 0.6) is 0 Å². The van der Waals surface area contributed by atoms with Crippen molar-refractivity contribution >= 4 is 46.2 Å². The van der Waals surface area contributed by atoms with Gasteiger partial charge < -0.3 is 20.1 Å². The van der Waals surface area contributed by atoms with E-state index >= 15 is 0 Å². The van der Waals surface area contributed by atoms with Gasteiger partial charge in [0.25, 0.3) is 0 Å². The molecule has 0 saturated carbocycles. The number of thiol groups is 1. The van der Waals surface area contributed by atoms with E-state index in [0.29, 0.717) is 0 Å². The van der Waals surface area contributed by atoms with E-state index in [9.17, 15) is 4.79 Å². The number of aliphatic hydroxyl groups is 3. The van der Waals surface area contributed by atoms with Gasteiger partial charge in [-0.3, -0.25) is 0 Å². The molecule has 0 aromatic carbocycles. The van der Waals surface area contributed by atoms with Crippen LogP contribution < -0.4 is 0 Å². The summed E-state index contributed by atoms with van der Waals surface area (Å²) in [4.78, 5) is 9.93. The number of rotatable bonds is 4. The molecule has 0 amide bonds. The van der Waals surface area contributed by atoms with Crippen LogP contribution in [0, 0.1) is 0 Å². The van der Waals surface area contributed by atoms with Gasteiger partial charge in [-0.15, -0.1) is 0 Å². The summed E-state index contributed by atoms with van der Waals surface area (Å²) in [5, 5.41) is 26.3. The van der Waals surface area contributed by atoms with Crippen LogP contribution in [0.3, 0.4) is 0 Å². The Kier molecular flexibility index (Phi) is 9.24. The Morgan fingerprint density at radius 2 is 1.67 bits per heavy atom. The SMILES string of the molecule is C[C@H](S)[C@@H](O)[C@@H](O)[C@H](O)C=O.[Pb]. The molecule has 6 heteroatoms. The molecule has 70 valence electrons. The van der Waals surface area contributed by atoms with E-state index in [0.717, 1.165) is 0 Å². The molecule has 12 heavy (non-hydrogen) atoms. The Morgan fingerprint density at radius 3 is 1.92 bits per heavy atom. The fraction of sp³-hybridized carbons (Fsp3) is 0.833. The molecule has 0 bridgehead atoms. The van der Waals surface area contributed by atoms with Gasteiger partial charge in [-0.1, -0.05) is 6.92 Å². The van der Waals surface area contributed by atoms with Crippen molar-refractivity contribution in [1.29, 1.82) is 0 Å². The normalized spacial score (nSPS) is 20.1. The molecular weight excluding hydrogens is 375 g/mol. The van der Waals surface area contributed by atoms with E-state index in [2.05, 4.69) is 12.6 Å². The summed E-state index contributed by atoms with van der Waals surface area (Å²) in [6, 6.07) is 0. The van der Waals surface area contributed by atoms with Gasteiger partial charge >= 0.3 is 0 Å². The van der Waals surface area contributed by atoms with Crippen molar-refractivity contribution in [2.75, 3.05) is 0 Å². The van der Waals surface area contributed by atoms with Crippen LogP contribution in [-0.2, 0) is 4.79 Å². The maximum Gasteiger partial charge on any atom is 0.151 e. The number of carbonyl (C=O) groups is 1. The number of hydrogen-bond acceptors (Lipinski definition) is 5. The maximum atomic E-state index is 9.93. The average Bonchev–Trinajstić information content (AvgIpc) is 2.00. The van der Waals surface area contributed by atoms with Gasteiger partial charge in [-0.2, -0.15) is 12.6 Å². The molecule has 0 aliphatic rings. The first kappa shape index (κ1) is 15.3. The molecule has 0 aliphatic heterocycles. The second-order valence-electron chi connectivity index (χ2n) is 2.35. The van der Waals surface area contributed by atoms with Crippen LogP contribution >= 0.6 is 12.6 Å².